The Kier molecular flexibility index (Phi) is 3.55. The predicted octanol–water partition coefficient (Wildman–Crippen LogP) is 1.88. The summed E-state index contributed by atoms with van der Waals surface area (Å²) >= 11 is 1.34. The van der Waals surface area contributed by atoms with Crippen molar-refractivity contribution in [3.8, 4) is 0 Å². The van der Waals surface area contributed by atoms with Crippen LogP contribution in [-0.2, 0) is 4.79 Å². The Morgan fingerprint density at radius 1 is 1.33 bits per heavy atom. The zero-order valence-electron chi connectivity index (χ0n) is 11.7. The number of thiophene rings is 1. The summed E-state index contributed by atoms with van der Waals surface area (Å²) in [5, 5.41) is 6.46. The average Bonchev–Trinajstić information content (AvgIpc) is 3.21. The molecule has 2 amide bonds. The van der Waals surface area contributed by atoms with E-state index in [0.717, 1.165) is 22.9 Å². The van der Waals surface area contributed by atoms with Crippen LogP contribution < -0.4 is 16.4 Å². The predicted molar refractivity (Wildman–Crippen MR) is 84.3 cm³/mol. The molecule has 110 valence electrons. The lowest BCUT2D eigenvalue weighted by atomic mass is 10.2. The first-order chi connectivity index (χ1) is 10.1. The van der Waals surface area contributed by atoms with Gasteiger partial charge in [0.05, 0.1) is 5.69 Å². The van der Waals surface area contributed by atoms with Gasteiger partial charge in [-0.1, -0.05) is 18.2 Å². The van der Waals surface area contributed by atoms with Gasteiger partial charge in [0.25, 0.3) is 5.91 Å². The minimum absolute atomic E-state index is 0.148. The number of rotatable bonds is 4. The number of fused-ring (bicyclic) bond motifs is 1. The lowest BCUT2D eigenvalue weighted by molar-refractivity contribution is -0.122. The number of benzene rings is 1. The van der Waals surface area contributed by atoms with Gasteiger partial charge in [-0.15, -0.1) is 11.3 Å². The second-order valence-corrected chi connectivity index (χ2v) is 6.37. The lowest BCUT2D eigenvalue weighted by Crippen LogP contribution is -2.45. The lowest BCUT2D eigenvalue weighted by Gasteiger charge is -2.13. The van der Waals surface area contributed by atoms with Crippen LogP contribution in [0, 0.1) is 0 Å². The van der Waals surface area contributed by atoms with Crippen LogP contribution in [0.4, 0.5) is 5.69 Å². The third kappa shape index (κ3) is 2.85. The van der Waals surface area contributed by atoms with E-state index in [-0.39, 0.29) is 17.9 Å². The van der Waals surface area contributed by atoms with Crippen LogP contribution in [0.25, 0.3) is 10.1 Å². The Morgan fingerprint density at radius 2 is 2.05 bits per heavy atom. The molecule has 1 unspecified atom stereocenters. The summed E-state index contributed by atoms with van der Waals surface area (Å²) in [5.74, 6) is -0.447. The van der Waals surface area contributed by atoms with Crippen LogP contribution in [0.5, 0.6) is 0 Å². The Labute approximate surface area is 126 Å². The van der Waals surface area contributed by atoms with E-state index in [2.05, 4.69) is 10.6 Å². The van der Waals surface area contributed by atoms with Crippen molar-refractivity contribution in [2.45, 2.75) is 31.8 Å². The molecule has 1 heterocycles. The number of nitrogen functional groups attached to an aromatic ring is 1. The van der Waals surface area contributed by atoms with Crippen molar-refractivity contribution in [3.63, 3.8) is 0 Å². The van der Waals surface area contributed by atoms with E-state index < -0.39 is 6.04 Å². The van der Waals surface area contributed by atoms with E-state index in [1.54, 1.807) is 6.92 Å². The van der Waals surface area contributed by atoms with Gasteiger partial charge in [0.15, 0.2) is 0 Å². The fourth-order valence-electron chi connectivity index (χ4n) is 2.12. The largest absolute Gasteiger partial charge is 0.397 e. The van der Waals surface area contributed by atoms with E-state index >= 15 is 0 Å². The van der Waals surface area contributed by atoms with Gasteiger partial charge in [-0.25, -0.2) is 0 Å². The molecule has 3 rings (SSSR count). The molecule has 1 atom stereocenters. The first kappa shape index (κ1) is 13.9. The van der Waals surface area contributed by atoms with Crippen LogP contribution in [-0.4, -0.2) is 23.9 Å². The molecule has 21 heavy (non-hydrogen) atoms. The number of carbonyl (C=O) groups is 2. The fraction of sp³-hybridized carbons (Fsp3) is 0.333. The van der Waals surface area contributed by atoms with E-state index in [9.17, 15) is 9.59 Å². The van der Waals surface area contributed by atoms with Gasteiger partial charge in [0, 0.05) is 16.1 Å². The first-order valence-electron chi connectivity index (χ1n) is 6.94. The van der Waals surface area contributed by atoms with Crippen molar-refractivity contribution in [2.24, 2.45) is 0 Å². The summed E-state index contributed by atoms with van der Waals surface area (Å²) in [6.07, 6.45) is 2.05. The van der Waals surface area contributed by atoms with Crippen molar-refractivity contribution in [2.75, 3.05) is 5.73 Å². The van der Waals surface area contributed by atoms with Crippen LogP contribution in [0.2, 0.25) is 0 Å². The number of nitrogens with two attached hydrogens (primary N) is 1. The number of nitrogens with one attached hydrogen (secondary N) is 2. The highest BCUT2D eigenvalue weighted by molar-refractivity contribution is 7.21. The molecule has 4 N–H and O–H groups in total. The molecule has 0 saturated heterocycles. The van der Waals surface area contributed by atoms with Gasteiger partial charge >= 0.3 is 0 Å². The molecule has 0 aliphatic heterocycles. The van der Waals surface area contributed by atoms with Crippen molar-refractivity contribution in [1.82, 2.24) is 10.6 Å². The average molecular weight is 303 g/mol. The maximum Gasteiger partial charge on any atom is 0.264 e. The highest BCUT2D eigenvalue weighted by Gasteiger charge is 2.27. The second-order valence-electron chi connectivity index (χ2n) is 5.32. The highest BCUT2D eigenvalue weighted by Crippen LogP contribution is 2.33. The number of amides is 2. The topological polar surface area (TPSA) is 84.2 Å². The number of hydrogen-bond donors (Lipinski definition) is 3. The van der Waals surface area contributed by atoms with Gasteiger partial charge < -0.3 is 16.4 Å². The molecule has 1 saturated carbocycles. The summed E-state index contributed by atoms with van der Waals surface area (Å²) in [5.41, 5.74) is 6.51. The quantitative estimate of drug-likeness (QED) is 0.806. The second kappa shape index (κ2) is 5.37. The van der Waals surface area contributed by atoms with Crippen LogP contribution in [0.15, 0.2) is 24.3 Å². The molecule has 0 bridgehead atoms. The molecule has 5 nitrogen and oxygen atoms in total. The number of carbonyl (C=O) groups excluding carboxylic acids is 2. The summed E-state index contributed by atoms with van der Waals surface area (Å²) in [6.45, 7) is 1.68. The normalized spacial score (nSPS) is 15.7. The molecule has 1 aliphatic rings. The van der Waals surface area contributed by atoms with E-state index in [0.29, 0.717) is 10.6 Å². The molecule has 2 aromatic rings. The third-order valence-corrected chi connectivity index (χ3v) is 4.69. The Morgan fingerprint density at radius 3 is 2.71 bits per heavy atom. The zero-order chi connectivity index (χ0) is 15.0. The Balaban J connectivity index is 1.74. The first-order valence-corrected chi connectivity index (χ1v) is 7.76. The Hall–Kier alpha value is -2.08. The van der Waals surface area contributed by atoms with Crippen LogP contribution in [0.1, 0.15) is 29.4 Å². The Bertz CT molecular complexity index is 706. The minimum atomic E-state index is -0.567. The summed E-state index contributed by atoms with van der Waals surface area (Å²) in [6, 6.07) is 7.33. The summed E-state index contributed by atoms with van der Waals surface area (Å²) in [4.78, 5) is 24.6. The number of hydrogen-bond acceptors (Lipinski definition) is 4. The zero-order valence-corrected chi connectivity index (χ0v) is 12.5. The van der Waals surface area contributed by atoms with Crippen LogP contribution in [0.3, 0.4) is 0 Å². The molecule has 1 fully saturated rings. The smallest absolute Gasteiger partial charge is 0.264 e. The molecule has 0 spiro atoms. The monoisotopic (exact) mass is 303 g/mol. The number of anilines is 1. The molecule has 1 aliphatic carbocycles. The molecule has 1 aromatic heterocycles. The summed E-state index contributed by atoms with van der Waals surface area (Å²) in [7, 11) is 0. The molecule has 6 heteroatoms. The van der Waals surface area contributed by atoms with Crippen molar-refractivity contribution >= 4 is 38.9 Å². The van der Waals surface area contributed by atoms with Gasteiger partial charge in [0.1, 0.15) is 10.9 Å². The fourth-order valence-corrected chi connectivity index (χ4v) is 3.14. The van der Waals surface area contributed by atoms with E-state index in [1.165, 1.54) is 11.3 Å². The van der Waals surface area contributed by atoms with Gasteiger partial charge in [-0.05, 0) is 25.8 Å². The maximum absolute atomic E-state index is 12.3. The standard InChI is InChI=1S/C15H17N3O2S/c1-8(14(19)18-9-6-7-9)17-15(20)13-12(16)10-4-2-3-5-11(10)21-13/h2-5,8-9H,6-7,16H2,1H3,(H,17,20)(H,18,19). The SMILES string of the molecule is CC(NC(=O)c1sc2ccccc2c1N)C(=O)NC1CC1. The van der Waals surface area contributed by atoms with E-state index in [4.69, 9.17) is 5.73 Å². The molecular weight excluding hydrogens is 286 g/mol. The van der Waals surface area contributed by atoms with Gasteiger partial charge in [-0.2, -0.15) is 0 Å². The van der Waals surface area contributed by atoms with E-state index in [1.807, 2.05) is 24.3 Å². The third-order valence-electron chi connectivity index (χ3n) is 3.50. The van der Waals surface area contributed by atoms with Crippen molar-refractivity contribution in [3.05, 3.63) is 29.1 Å². The maximum atomic E-state index is 12.3. The van der Waals surface area contributed by atoms with Gasteiger partial charge in [0.2, 0.25) is 5.91 Å². The molecule has 1 aromatic carbocycles. The van der Waals surface area contributed by atoms with Crippen molar-refractivity contribution in [1.29, 1.82) is 0 Å². The minimum Gasteiger partial charge on any atom is -0.397 e. The highest BCUT2D eigenvalue weighted by atomic mass is 32.1. The molecular formula is C15H17N3O2S. The molecule has 0 radical (unpaired) electrons. The van der Waals surface area contributed by atoms with Gasteiger partial charge in [-0.3, -0.25) is 9.59 Å². The summed E-state index contributed by atoms with van der Waals surface area (Å²) < 4.78 is 0.968. The van der Waals surface area contributed by atoms with Crippen LogP contribution >= 0.6 is 11.3 Å². The van der Waals surface area contributed by atoms with Crippen molar-refractivity contribution < 1.29 is 9.59 Å².